The van der Waals surface area contributed by atoms with Gasteiger partial charge in [0.1, 0.15) is 0 Å². The Hall–Kier alpha value is -1.26. The number of amides is 2. The number of nitrogens with one attached hydrogen (secondary N) is 1. The Morgan fingerprint density at radius 2 is 1.89 bits per heavy atom. The largest absolute Gasteiger partial charge is 0.481 e. The number of carbonyl (C=O) groups excluding carboxylic acids is 1. The van der Waals surface area contributed by atoms with Gasteiger partial charge >= 0.3 is 12.0 Å². The van der Waals surface area contributed by atoms with Crippen molar-refractivity contribution in [2.45, 2.75) is 57.9 Å². The molecule has 1 saturated carbocycles. The zero-order chi connectivity index (χ0) is 14.1. The van der Waals surface area contributed by atoms with Crippen molar-refractivity contribution in [3.05, 3.63) is 0 Å². The first-order valence-corrected chi connectivity index (χ1v) is 7.27. The summed E-state index contributed by atoms with van der Waals surface area (Å²) in [6, 6.07) is -0.0851. The zero-order valence-corrected chi connectivity index (χ0v) is 11.9. The summed E-state index contributed by atoms with van der Waals surface area (Å²) in [4.78, 5) is 25.3. The summed E-state index contributed by atoms with van der Waals surface area (Å²) in [5.74, 6) is -0.779. The average Bonchev–Trinajstić information content (AvgIpc) is 2.79. The second-order valence-electron chi connectivity index (χ2n) is 6.03. The molecule has 1 unspecified atom stereocenters. The number of aliphatic carboxylic acids is 1. The summed E-state index contributed by atoms with van der Waals surface area (Å²) in [5.41, 5.74) is -0.770. The minimum absolute atomic E-state index is 0.0300. The summed E-state index contributed by atoms with van der Waals surface area (Å²) >= 11 is 0. The van der Waals surface area contributed by atoms with Crippen molar-refractivity contribution in [2.24, 2.45) is 5.41 Å². The smallest absolute Gasteiger partial charge is 0.317 e. The van der Waals surface area contributed by atoms with Crippen LogP contribution in [0.1, 0.15) is 52.4 Å². The Labute approximate surface area is 114 Å². The molecule has 1 heterocycles. The van der Waals surface area contributed by atoms with Gasteiger partial charge < -0.3 is 15.3 Å². The fraction of sp³-hybridized carbons (Fsp3) is 0.857. The van der Waals surface area contributed by atoms with Gasteiger partial charge in [0, 0.05) is 18.6 Å². The van der Waals surface area contributed by atoms with Crippen molar-refractivity contribution < 1.29 is 14.7 Å². The van der Waals surface area contributed by atoms with Gasteiger partial charge in [-0.1, -0.05) is 13.8 Å². The first kappa shape index (κ1) is 14.2. The third-order valence-electron chi connectivity index (χ3n) is 5.13. The first-order chi connectivity index (χ1) is 8.97. The molecule has 0 radical (unpaired) electrons. The maximum Gasteiger partial charge on any atom is 0.317 e. The number of carbonyl (C=O) groups is 2. The zero-order valence-electron chi connectivity index (χ0n) is 11.9. The Kier molecular flexibility index (Phi) is 3.74. The second kappa shape index (κ2) is 5.02. The van der Waals surface area contributed by atoms with E-state index in [2.05, 4.69) is 12.2 Å². The molecule has 0 aromatic heterocycles. The minimum Gasteiger partial charge on any atom is -0.481 e. The van der Waals surface area contributed by atoms with Crippen LogP contribution in [0.3, 0.4) is 0 Å². The van der Waals surface area contributed by atoms with Gasteiger partial charge in [-0.2, -0.15) is 0 Å². The van der Waals surface area contributed by atoms with E-state index in [0.29, 0.717) is 25.9 Å². The minimum atomic E-state index is -0.779. The molecular formula is C14H24N2O3. The van der Waals surface area contributed by atoms with E-state index in [0.717, 1.165) is 19.3 Å². The maximum absolute atomic E-state index is 12.3. The highest BCUT2D eigenvalue weighted by molar-refractivity contribution is 5.80. The molecule has 2 N–H and O–H groups in total. The Bertz CT molecular complexity index is 373. The van der Waals surface area contributed by atoms with E-state index >= 15 is 0 Å². The molecule has 2 aliphatic rings. The second-order valence-corrected chi connectivity index (χ2v) is 6.03. The number of rotatable bonds is 4. The summed E-state index contributed by atoms with van der Waals surface area (Å²) < 4.78 is 0. The van der Waals surface area contributed by atoms with Crippen molar-refractivity contribution in [3.8, 4) is 0 Å². The van der Waals surface area contributed by atoms with Crippen LogP contribution in [-0.2, 0) is 4.79 Å². The van der Waals surface area contributed by atoms with E-state index in [1.54, 1.807) is 4.90 Å². The summed E-state index contributed by atoms with van der Waals surface area (Å²) in [6.45, 7) is 4.86. The number of nitrogens with zero attached hydrogens (tertiary/aromatic N) is 1. The lowest BCUT2D eigenvalue weighted by atomic mass is 9.75. The van der Waals surface area contributed by atoms with Gasteiger partial charge in [-0.25, -0.2) is 4.79 Å². The van der Waals surface area contributed by atoms with Crippen LogP contribution in [-0.4, -0.2) is 40.6 Å². The predicted octanol–water partition coefficient (Wildman–Crippen LogP) is 2.22. The molecule has 1 aliphatic heterocycles. The molecule has 1 saturated heterocycles. The van der Waals surface area contributed by atoms with Gasteiger partial charge in [0.05, 0.1) is 5.41 Å². The van der Waals surface area contributed by atoms with E-state index < -0.39 is 11.4 Å². The number of hydrogen-bond donors (Lipinski definition) is 2. The molecular weight excluding hydrogens is 244 g/mol. The van der Waals surface area contributed by atoms with Crippen molar-refractivity contribution in [3.63, 3.8) is 0 Å². The quantitative estimate of drug-likeness (QED) is 0.821. The standard InChI is InChI=1S/C14H24N2O3/c1-3-13(11(17)18)8-9-16(10-13)12(19)15-14(4-2)6-5-7-14/h3-10H2,1-2H3,(H,15,19)(H,17,18). The van der Waals surface area contributed by atoms with Crippen molar-refractivity contribution in [1.82, 2.24) is 10.2 Å². The number of urea groups is 1. The first-order valence-electron chi connectivity index (χ1n) is 7.27. The van der Waals surface area contributed by atoms with Crippen LogP contribution in [0.25, 0.3) is 0 Å². The fourth-order valence-electron chi connectivity index (χ4n) is 3.14. The third kappa shape index (κ3) is 2.42. The predicted molar refractivity (Wildman–Crippen MR) is 72.0 cm³/mol. The van der Waals surface area contributed by atoms with Gasteiger partial charge in [0.2, 0.25) is 0 Å². The highest BCUT2D eigenvalue weighted by Gasteiger charge is 2.46. The van der Waals surface area contributed by atoms with E-state index in [1.165, 1.54) is 6.42 Å². The van der Waals surface area contributed by atoms with Crippen LogP contribution in [0, 0.1) is 5.41 Å². The molecule has 0 spiro atoms. The van der Waals surface area contributed by atoms with Crippen molar-refractivity contribution >= 4 is 12.0 Å². The van der Waals surface area contributed by atoms with Gasteiger partial charge in [-0.05, 0) is 38.5 Å². The lowest BCUT2D eigenvalue weighted by Crippen LogP contribution is -2.56. The molecule has 19 heavy (non-hydrogen) atoms. The van der Waals surface area contributed by atoms with Crippen LogP contribution in [0.4, 0.5) is 4.79 Å². The topological polar surface area (TPSA) is 69.6 Å². The van der Waals surface area contributed by atoms with E-state index in [1.807, 2.05) is 6.92 Å². The lowest BCUT2D eigenvalue weighted by molar-refractivity contribution is -0.148. The molecule has 5 heteroatoms. The van der Waals surface area contributed by atoms with Crippen LogP contribution in [0.5, 0.6) is 0 Å². The fourth-order valence-corrected chi connectivity index (χ4v) is 3.14. The highest BCUT2D eigenvalue weighted by Crippen LogP contribution is 2.37. The SMILES string of the molecule is CCC1(NC(=O)N2CCC(CC)(C(=O)O)C2)CCC1. The van der Waals surface area contributed by atoms with Gasteiger partial charge in [0.25, 0.3) is 0 Å². The summed E-state index contributed by atoms with van der Waals surface area (Å²) in [6.07, 6.45) is 5.34. The van der Waals surface area contributed by atoms with Gasteiger partial charge in [-0.15, -0.1) is 0 Å². The van der Waals surface area contributed by atoms with Crippen LogP contribution < -0.4 is 5.32 Å². The van der Waals surface area contributed by atoms with Crippen LogP contribution in [0.15, 0.2) is 0 Å². The molecule has 108 valence electrons. The highest BCUT2D eigenvalue weighted by atomic mass is 16.4. The molecule has 2 amide bonds. The molecule has 1 aliphatic carbocycles. The van der Waals surface area contributed by atoms with Crippen LogP contribution >= 0.6 is 0 Å². The van der Waals surface area contributed by atoms with E-state index in [-0.39, 0.29) is 11.6 Å². The molecule has 0 bridgehead atoms. The third-order valence-corrected chi connectivity index (χ3v) is 5.13. The molecule has 0 aromatic rings. The van der Waals surface area contributed by atoms with E-state index in [4.69, 9.17) is 0 Å². The van der Waals surface area contributed by atoms with Gasteiger partial charge in [-0.3, -0.25) is 4.79 Å². The number of carboxylic acids is 1. The number of likely N-dealkylation sites (tertiary alicyclic amines) is 1. The average molecular weight is 268 g/mol. The summed E-state index contributed by atoms with van der Waals surface area (Å²) in [5, 5.41) is 12.5. The Morgan fingerprint density at radius 3 is 2.26 bits per heavy atom. The Balaban J connectivity index is 1.97. The number of hydrogen-bond acceptors (Lipinski definition) is 2. The maximum atomic E-state index is 12.3. The van der Waals surface area contributed by atoms with Gasteiger partial charge in [0.15, 0.2) is 0 Å². The van der Waals surface area contributed by atoms with Crippen molar-refractivity contribution in [2.75, 3.05) is 13.1 Å². The molecule has 2 fully saturated rings. The molecule has 2 rings (SSSR count). The lowest BCUT2D eigenvalue weighted by Gasteiger charge is -2.42. The Morgan fingerprint density at radius 1 is 1.21 bits per heavy atom. The molecule has 5 nitrogen and oxygen atoms in total. The molecule has 1 atom stereocenters. The normalized spacial score (nSPS) is 28.8. The monoisotopic (exact) mass is 268 g/mol. The number of carboxylic acid groups (broad SMARTS) is 1. The van der Waals surface area contributed by atoms with E-state index in [9.17, 15) is 14.7 Å². The summed E-state index contributed by atoms with van der Waals surface area (Å²) in [7, 11) is 0. The molecule has 0 aromatic carbocycles. The van der Waals surface area contributed by atoms with Crippen LogP contribution in [0.2, 0.25) is 0 Å². The van der Waals surface area contributed by atoms with Crippen molar-refractivity contribution in [1.29, 1.82) is 0 Å².